The molecule has 0 aliphatic heterocycles. The summed E-state index contributed by atoms with van der Waals surface area (Å²) in [7, 11) is 5.68. The third-order valence-corrected chi connectivity index (χ3v) is 1.54. The molecule has 0 aromatic heterocycles. The third kappa shape index (κ3) is 1.97. The summed E-state index contributed by atoms with van der Waals surface area (Å²) >= 11 is 0. The summed E-state index contributed by atoms with van der Waals surface area (Å²) in [4.78, 5) is 1.88. The van der Waals surface area contributed by atoms with Crippen LogP contribution in [0.15, 0.2) is 18.2 Å². The number of benzene rings is 1. The Bertz CT molecular complexity index is 240. The van der Waals surface area contributed by atoms with Crippen LogP contribution >= 0.6 is 0 Å². The van der Waals surface area contributed by atoms with Crippen LogP contribution in [0.5, 0.6) is 0 Å². The first-order valence-electron chi connectivity index (χ1n) is 3.54. The molecule has 0 aliphatic carbocycles. The molecule has 0 saturated heterocycles. The van der Waals surface area contributed by atoms with Gasteiger partial charge in [0.15, 0.2) is 0 Å². The first-order chi connectivity index (χ1) is 5.09. The van der Waals surface area contributed by atoms with Gasteiger partial charge in [-0.1, -0.05) is 5.46 Å². The zero-order chi connectivity index (χ0) is 8.43. The lowest BCUT2D eigenvalue weighted by molar-refractivity contribution is 0.629. The van der Waals surface area contributed by atoms with Crippen LogP contribution in [0.2, 0.25) is 0 Å². The average Bonchev–Trinajstić information content (AvgIpc) is 1.85. The molecule has 1 rings (SSSR count). The molecule has 1 aromatic carbocycles. The van der Waals surface area contributed by atoms with Gasteiger partial charge < -0.3 is 4.90 Å². The topological polar surface area (TPSA) is 3.24 Å². The zero-order valence-corrected chi connectivity index (χ0v) is 7.06. The van der Waals surface area contributed by atoms with Crippen molar-refractivity contribution in [3.63, 3.8) is 0 Å². The summed E-state index contributed by atoms with van der Waals surface area (Å²) in [6.45, 7) is 0. The van der Waals surface area contributed by atoms with E-state index in [1.54, 1.807) is 0 Å². The number of rotatable bonds is 1. The Balaban J connectivity index is 3.08. The van der Waals surface area contributed by atoms with Crippen molar-refractivity contribution in [2.45, 2.75) is 0 Å². The number of halogens is 1. The molecular formula is C8H11BFN. The highest BCUT2D eigenvalue weighted by atomic mass is 19.1. The second-order valence-electron chi connectivity index (χ2n) is 2.88. The Morgan fingerprint density at radius 1 is 1.27 bits per heavy atom. The van der Waals surface area contributed by atoms with Crippen molar-refractivity contribution < 1.29 is 4.39 Å². The van der Waals surface area contributed by atoms with E-state index in [-0.39, 0.29) is 5.82 Å². The van der Waals surface area contributed by atoms with Crippen molar-refractivity contribution in [3.05, 3.63) is 24.0 Å². The van der Waals surface area contributed by atoms with E-state index in [1.807, 2.05) is 32.9 Å². The molecule has 58 valence electrons. The van der Waals surface area contributed by atoms with Crippen LogP contribution in [0, 0.1) is 5.82 Å². The van der Waals surface area contributed by atoms with E-state index in [2.05, 4.69) is 0 Å². The van der Waals surface area contributed by atoms with Gasteiger partial charge in [0.1, 0.15) is 13.7 Å². The zero-order valence-electron chi connectivity index (χ0n) is 7.06. The van der Waals surface area contributed by atoms with Crippen molar-refractivity contribution >= 4 is 19.0 Å². The minimum atomic E-state index is -0.172. The summed E-state index contributed by atoms with van der Waals surface area (Å²) in [5.41, 5.74) is 1.86. The molecule has 0 saturated carbocycles. The molecule has 11 heavy (non-hydrogen) atoms. The van der Waals surface area contributed by atoms with Gasteiger partial charge in [0.05, 0.1) is 0 Å². The summed E-state index contributed by atoms with van der Waals surface area (Å²) in [6.07, 6.45) is 0. The molecule has 0 spiro atoms. The first kappa shape index (κ1) is 8.11. The lowest BCUT2D eigenvalue weighted by Gasteiger charge is -2.12. The molecule has 0 atom stereocenters. The average molecular weight is 151 g/mol. The fourth-order valence-corrected chi connectivity index (χ4v) is 0.975. The Kier molecular flexibility index (Phi) is 2.18. The molecule has 0 heterocycles. The molecule has 1 aromatic rings. The summed E-state index contributed by atoms with van der Waals surface area (Å²) in [6, 6.07) is 4.99. The number of nitrogens with zero attached hydrogens (tertiary/aromatic N) is 1. The normalized spacial score (nSPS) is 9.73. The standard InChI is InChI=1S/C8H11BFN/c1-11(2)8-4-6(9)3-7(10)5-8/h3-5H,9H2,1-2H3. The van der Waals surface area contributed by atoms with E-state index in [0.717, 1.165) is 11.2 Å². The van der Waals surface area contributed by atoms with Gasteiger partial charge in [-0.05, 0) is 18.2 Å². The van der Waals surface area contributed by atoms with Crippen molar-refractivity contribution in [2.75, 3.05) is 19.0 Å². The van der Waals surface area contributed by atoms with E-state index in [9.17, 15) is 4.39 Å². The van der Waals surface area contributed by atoms with Crippen molar-refractivity contribution in [2.24, 2.45) is 0 Å². The van der Waals surface area contributed by atoms with E-state index in [4.69, 9.17) is 0 Å². The molecule has 0 N–H and O–H groups in total. The van der Waals surface area contributed by atoms with Crippen LogP contribution in [0.1, 0.15) is 0 Å². The highest BCUT2D eigenvalue weighted by Crippen LogP contribution is 2.09. The number of anilines is 1. The van der Waals surface area contributed by atoms with Gasteiger partial charge in [0.2, 0.25) is 0 Å². The Morgan fingerprint density at radius 2 is 1.91 bits per heavy atom. The number of hydrogen-bond acceptors (Lipinski definition) is 1. The van der Waals surface area contributed by atoms with Crippen LogP contribution in [-0.2, 0) is 0 Å². The lowest BCUT2D eigenvalue weighted by atomic mass is 9.95. The predicted octanol–water partition coefficient (Wildman–Crippen LogP) is 0.150. The Hall–Kier alpha value is -0.985. The van der Waals surface area contributed by atoms with Gasteiger partial charge in [-0.25, -0.2) is 4.39 Å². The molecular weight excluding hydrogens is 140 g/mol. The molecule has 3 heteroatoms. The van der Waals surface area contributed by atoms with Gasteiger partial charge in [0.25, 0.3) is 0 Å². The largest absolute Gasteiger partial charge is 0.378 e. The second kappa shape index (κ2) is 2.95. The van der Waals surface area contributed by atoms with Crippen LogP contribution in [0.3, 0.4) is 0 Å². The fraction of sp³-hybridized carbons (Fsp3) is 0.250. The van der Waals surface area contributed by atoms with Gasteiger partial charge in [-0.15, -0.1) is 0 Å². The van der Waals surface area contributed by atoms with E-state index < -0.39 is 0 Å². The molecule has 1 nitrogen and oxygen atoms in total. The maximum atomic E-state index is 12.8. The second-order valence-corrected chi connectivity index (χ2v) is 2.88. The van der Waals surface area contributed by atoms with Gasteiger partial charge in [0, 0.05) is 19.8 Å². The summed E-state index contributed by atoms with van der Waals surface area (Å²) in [5.74, 6) is -0.172. The van der Waals surface area contributed by atoms with Crippen LogP contribution < -0.4 is 10.4 Å². The van der Waals surface area contributed by atoms with E-state index >= 15 is 0 Å². The molecule has 0 amide bonds. The molecule has 0 radical (unpaired) electrons. The van der Waals surface area contributed by atoms with Crippen molar-refractivity contribution in [3.8, 4) is 0 Å². The monoisotopic (exact) mass is 151 g/mol. The molecule has 0 fully saturated rings. The third-order valence-electron chi connectivity index (χ3n) is 1.54. The quantitative estimate of drug-likeness (QED) is 0.516. The summed E-state index contributed by atoms with van der Waals surface area (Å²) < 4.78 is 12.8. The molecule has 0 bridgehead atoms. The lowest BCUT2D eigenvalue weighted by Crippen LogP contribution is -2.13. The smallest absolute Gasteiger partial charge is 0.139 e. The van der Waals surface area contributed by atoms with Crippen LogP contribution in [-0.4, -0.2) is 21.9 Å². The fourth-order valence-electron chi connectivity index (χ4n) is 0.975. The van der Waals surface area contributed by atoms with Crippen molar-refractivity contribution in [1.29, 1.82) is 0 Å². The SMILES string of the molecule is Bc1cc(F)cc(N(C)C)c1. The Morgan fingerprint density at radius 3 is 2.36 bits per heavy atom. The number of hydrogen-bond donors (Lipinski definition) is 0. The van der Waals surface area contributed by atoms with Crippen LogP contribution in [0.4, 0.5) is 10.1 Å². The highest BCUT2D eigenvalue weighted by Gasteiger charge is 1.98. The van der Waals surface area contributed by atoms with Crippen LogP contribution in [0.25, 0.3) is 0 Å². The van der Waals surface area contributed by atoms with Gasteiger partial charge in [-0.3, -0.25) is 0 Å². The maximum absolute atomic E-state index is 12.8. The van der Waals surface area contributed by atoms with E-state index in [0.29, 0.717) is 0 Å². The minimum absolute atomic E-state index is 0.172. The highest BCUT2D eigenvalue weighted by molar-refractivity contribution is 6.32. The molecule has 0 unspecified atom stereocenters. The Labute approximate surface area is 67.2 Å². The minimum Gasteiger partial charge on any atom is -0.378 e. The van der Waals surface area contributed by atoms with E-state index in [1.165, 1.54) is 12.1 Å². The van der Waals surface area contributed by atoms with Gasteiger partial charge in [-0.2, -0.15) is 0 Å². The van der Waals surface area contributed by atoms with Gasteiger partial charge >= 0.3 is 0 Å². The summed E-state index contributed by atoms with van der Waals surface area (Å²) in [5, 5.41) is 0. The predicted molar refractivity (Wildman–Crippen MR) is 48.9 cm³/mol. The first-order valence-corrected chi connectivity index (χ1v) is 3.54. The van der Waals surface area contributed by atoms with Crippen molar-refractivity contribution in [1.82, 2.24) is 0 Å². The molecule has 0 aliphatic rings. The maximum Gasteiger partial charge on any atom is 0.139 e.